The largest absolute Gasteiger partial charge is 0.472 e. The van der Waals surface area contributed by atoms with Crippen molar-refractivity contribution in [3.63, 3.8) is 0 Å². The van der Waals surface area contributed by atoms with E-state index in [0.29, 0.717) is 23.6 Å². The van der Waals surface area contributed by atoms with Crippen LogP contribution in [-0.2, 0) is 13.7 Å². The number of nitrogens with one attached hydrogen (secondary N) is 1. The third-order valence-electron chi connectivity index (χ3n) is 7.00. The molecule has 0 saturated heterocycles. The molecule has 4 aliphatic carbocycles. The molecule has 150 valence electrons. The van der Waals surface area contributed by atoms with Crippen molar-refractivity contribution < 1.29 is 9.53 Å². The van der Waals surface area contributed by atoms with Gasteiger partial charge in [0.25, 0.3) is 5.91 Å². The van der Waals surface area contributed by atoms with Gasteiger partial charge in [0, 0.05) is 12.6 Å². The molecule has 4 saturated carbocycles. The van der Waals surface area contributed by atoms with Crippen molar-refractivity contribution in [2.24, 2.45) is 24.8 Å². The Hall–Kier alpha value is -2.81. The maximum atomic E-state index is 13.2. The Morgan fingerprint density at radius 3 is 2.41 bits per heavy atom. The fourth-order valence-corrected chi connectivity index (χ4v) is 6.15. The number of nitriles is 1. The van der Waals surface area contributed by atoms with Crippen LogP contribution in [0.1, 0.15) is 60.0 Å². The Labute approximate surface area is 170 Å². The molecular weight excluding hydrogens is 364 g/mol. The Balaban J connectivity index is 1.30. The van der Waals surface area contributed by atoms with Crippen LogP contribution in [0, 0.1) is 29.1 Å². The lowest BCUT2D eigenvalue weighted by Gasteiger charge is -2.56. The first-order chi connectivity index (χ1) is 14.0. The maximum absolute atomic E-state index is 13.2. The Morgan fingerprint density at radius 1 is 1.21 bits per heavy atom. The molecule has 1 N–H and O–H groups in total. The smallest absolute Gasteiger partial charge is 0.258 e. The van der Waals surface area contributed by atoms with Gasteiger partial charge in [0.15, 0.2) is 0 Å². The minimum absolute atomic E-state index is 0.0356. The molecule has 0 radical (unpaired) electrons. The SMILES string of the molecule is Cn1ncc(C(=O)NC23CC4CC(CC(C4)C2)C3)c1OCc1ccc(C#N)cc1. The van der Waals surface area contributed by atoms with Gasteiger partial charge < -0.3 is 10.1 Å². The first-order valence-electron chi connectivity index (χ1n) is 10.5. The minimum atomic E-state index is -0.0742. The van der Waals surface area contributed by atoms with E-state index in [9.17, 15) is 4.79 Å². The second kappa shape index (κ2) is 6.91. The average Bonchev–Trinajstić information content (AvgIpc) is 3.06. The lowest BCUT2D eigenvalue weighted by Crippen LogP contribution is -2.59. The summed E-state index contributed by atoms with van der Waals surface area (Å²) in [6.45, 7) is 0.322. The molecule has 1 aromatic carbocycles. The Kier molecular flexibility index (Phi) is 4.34. The van der Waals surface area contributed by atoms with Crippen LogP contribution in [0.5, 0.6) is 5.88 Å². The van der Waals surface area contributed by atoms with Gasteiger partial charge in [0.2, 0.25) is 5.88 Å². The summed E-state index contributed by atoms with van der Waals surface area (Å²) in [7, 11) is 1.79. The molecule has 6 heteroatoms. The third-order valence-corrected chi connectivity index (χ3v) is 7.00. The summed E-state index contributed by atoms with van der Waals surface area (Å²) in [6.07, 6.45) is 9.00. The fraction of sp³-hybridized carbons (Fsp3) is 0.522. The van der Waals surface area contributed by atoms with Crippen molar-refractivity contribution in [2.75, 3.05) is 0 Å². The molecule has 2 aromatic rings. The Bertz CT molecular complexity index is 934. The van der Waals surface area contributed by atoms with Crippen molar-refractivity contribution in [3.8, 4) is 11.9 Å². The molecule has 1 amide bonds. The van der Waals surface area contributed by atoms with Crippen molar-refractivity contribution in [1.82, 2.24) is 15.1 Å². The van der Waals surface area contributed by atoms with Crippen molar-refractivity contribution >= 4 is 5.91 Å². The van der Waals surface area contributed by atoms with E-state index in [2.05, 4.69) is 16.5 Å². The highest BCUT2D eigenvalue weighted by atomic mass is 16.5. The van der Waals surface area contributed by atoms with Gasteiger partial charge in [-0.1, -0.05) is 12.1 Å². The third kappa shape index (κ3) is 3.39. The number of ether oxygens (including phenoxy) is 1. The molecule has 6 rings (SSSR count). The summed E-state index contributed by atoms with van der Waals surface area (Å²) in [6, 6.07) is 9.37. The number of benzene rings is 1. The topological polar surface area (TPSA) is 79.9 Å². The number of hydrogen-bond donors (Lipinski definition) is 1. The van der Waals surface area contributed by atoms with Crippen molar-refractivity contribution in [3.05, 3.63) is 47.2 Å². The van der Waals surface area contributed by atoms with Gasteiger partial charge in [-0.3, -0.25) is 4.79 Å². The van der Waals surface area contributed by atoms with Crippen molar-refractivity contribution in [2.45, 2.75) is 50.7 Å². The second-order valence-electron chi connectivity index (χ2n) is 9.24. The Morgan fingerprint density at radius 2 is 1.83 bits per heavy atom. The highest BCUT2D eigenvalue weighted by Gasteiger charge is 2.51. The van der Waals surface area contributed by atoms with E-state index in [-0.39, 0.29) is 11.4 Å². The number of carbonyl (C=O) groups is 1. The van der Waals surface area contributed by atoms with Gasteiger partial charge in [-0.15, -0.1) is 0 Å². The number of carbonyl (C=O) groups excluding carboxylic acids is 1. The minimum Gasteiger partial charge on any atom is -0.472 e. The molecule has 0 aliphatic heterocycles. The zero-order valence-corrected chi connectivity index (χ0v) is 16.7. The molecule has 0 unspecified atom stereocenters. The van der Waals surface area contributed by atoms with Crippen LogP contribution in [0.4, 0.5) is 0 Å². The predicted octanol–water partition coefficient (Wildman–Crippen LogP) is 3.57. The van der Waals surface area contributed by atoms with Crippen LogP contribution in [0.15, 0.2) is 30.5 Å². The van der Waals surface area contributed by atoms with Crippen molar-refractivity contribution in [1.29, 1.82) is 5.26 Å². The monoisotopic (exact) mass is 390 g/mol. The zero-order valence-electron chi connectivity index (χ0n) is 16.7. The van der Waals surface area contributed by atoms with Gasteiger partial charge in [-0.05, 0) is 74.0 Å². The van der Waals surface area contributed by atoms with Gasteiger partial charge in [-0.25, -0.2) is 4.68 Å². The molecule has 0 atom stereocenters. The molecule has 4 fully saturated rings. The van der Waals surface area contributed by atoms with Crippen LogP contribution in [-0.4, -0.2) is 21.2 Å². The first-order valence-corrected chi connectivity index (χ1v) is 10.5. The summed E-state index contributed by atoms with van der Waals surface area (Å²) in [5.41, 5.74) is 2.02. The number of amides is 1. The maximum Gasteiger partial charge on any atom is 0.258 e. The highest BCUT2D eigenvalue weighted by Crippen LogP contribution is 2.55. The number of nitrogens with zero attached hydrogens (tertiary/aromatic N) is 3. The quantitative estimate of drug-likeness (QED) is 0.846. The standard InChI is InChI=1S/C23H26N4O2/c1-27-22(29-14-16-4-2-15(12-24)3-5-16)20(13-25-27)21(28)26-23-9-17-6-18(10-23)8-19(7-17)11-23/h2-5,13,17-19H,6-11,14H2,1H3,(H,26,28). The molecule has 4 aliphatic rings. The lowest BCUT2D eigenvalue weighted by molar-refractivity contribution is -0.0167. The second-order valence-corrected chi connectivity index (χ2v) is 9.24. The highest BCUT2D eigenvalue weighted by molar-refractivity contribution is 5.96. The van der Waals surface area contributed by atoms with Crippen LogP contribution in [0.25, 0.3) is 0 Å². The molecule has 1 heterocycles. The number of rotatable bonds is 5. The summed E-state index contributed by atoms with van der Waals surface area (Å²) in [5.74, 6) is 2.75. The van der Waals surface area contributed by atoms with E-state index in [0.717, 1.165) is 42.6 Å². The molecule has 1 aromatic heterocycles. The van der Waals surface area contributed by atoms with Gasteiger partial charge >= 0.3 is 0 Å². The first kappa shape index (κ1) is 18.2. The summed E-state index contributed by atoms with van der Waals surface area (Å²) < 4.78 is 7.58. The number of aryl methyl sites for hydroxylation is 1. The van der Waals surface area contributed by atoms with E-state index >= 15 is 0 Å². The molecular formula is C23H26N4O2. The number of aromatic nitrogens is 2. The van der Waals surface area contributed by atoms with Crippen LogP contribution in [0.2, 0.25) is 0 Å². The fourth-order valence-electron chi connectivity index (χ4n) is 6.15. The van der Waals surface area contributed by atoms with Crippen LogP contribution in [0.3, 0.4) is 0 Å². The van der Waals surface area contributed by atoms with Crippen LogP contribution >= 0.6 is 0 Å². The molecule has 4 bridgehead atoms. The van der Waals surface area contributed by atoms with E-state index in [1.54, 1.807) is 30.1 Å². The summed E-state index contributed by atoms with van der Waals surface area (Å²) >= 11 is 0. The normalized spacial score (nSPS) is 29.4. The zero-order chi connectivity index (χ0) is 20.0. The lowest BCUT2D eigenvalue weighted by atomic mass is 9.53. The van der Waals surface area contributed by atoms with Gasteiger partial charge in [-0.2, -0.15) is 10.4 Å². The number of hydrogen-bond acceptors (Lipinski definition) is 4. The molecule has 29 heavy (non-hydrogen) atoms. The molecule has 0 spiro atoms. The predicted molar refractivity (Wildman–Crippen MR) is 107 cm³/mol. The van der Waals surface area contributed by atoms with E-state index in [1.807, 2.05) is 12.1 Å². The van der Waals surface area contributed by atoms with Gasteiger partial charge in [0.05, 0.1) is 17.8 Å². The van der Waals surface area contributed by atoms with E-state index in [4.69, 9.17) is 10.00 Å². The van der Waals surface area contributed by atoms with Gasteiger partial charge in [0.1, 0.15) is 12.2 Å². The van der Waals surface area contributed by atoms with Crippen LogP contribution < -0.4 is 10.1 Å². The van der Waals surface area contributed by atoms with E-state index in [1.165, 1.54) is 19.3 Å². The average molecular weight is 390 g/mol. The molecule has 6 nitrogen and oxygen atoms in total. The van der Waals surface area contributed by atoms with E-state index < -0.39 is 0 Å². The summed E-state index contributed by atoms with van der Waals surface area (Å²) in [4.78, 5) is 13.2. The summed E-state index contributed by atoms with van der Waals surface area (Å²) in [5, 5.41) is 16.6.